The SMILES string of the molecule is COCC(C)NC(=S)Nc1cc(Br)cc(C(F)(F)F)c1. The third kappa shape index (κ3) is 5.64. The maximum absolute atomic E-state index is 12.7. The summed E-state index contributed by atoms with van der Waals surface area (Å²) in [4.78, 5) is 0. The summed E-state index contributed by atoms with van der Waals surface area (Å²) >= 11 is 8.08. The van der Waals surface area contributed by atoms with Crippen molar-refractivity contribution in [3.05, 3.63) is 28.2 Å². The van der Waals surface area contributed by atoms with E-state index in [9.17, 15) is 13.2 Å². The Kier molecular flexibility index (Phi) is 6.22. The number of nitrogens with one attached hydrogen (secondary N) is 2. The highest BCUT2D eigenvalue weighted by atomic mass is 79.9. The summed E-state index contributed by atoms with van der Waals surface area (Å²) in [5.41, 5.74) is -0.490. The van der Waals surface area contributed by atoms with E-state index in [0.29, 0.717) is 11.1 Å². The zero-order valence-electron chi connectivity index (χ0n) is 10.8. The van der Waals surface area contributed by atoms with Crippen molar-refractivity contribution in [2.24, 2.45) is 0 Å². The minimum absolute atomic E-state index is 0.0470. The van der Waals surface area contributed by atoms with Crippen LogP contribution in [0.1, 0.15) is 12.5 Å². The number of ether oxygens (including phenoxy) is 1. The lowest BCUT2D eigenvalue weighted by Crippen LogP contribution is -2.38. The van der Waals surface area contributed by atoms with Gasteiger partial charge in [0.05, 0.1) is 12.2 Å². The Balaban J connectivity index is 2.77. The van der Waals surface area contributed by atoms with E-state index in [-0.39, 0.29) is 16.8 Å². The van der Waals surface area contributed by atoms with Crippen molar-refractivity contribution in [3.8, 4) is 0 Å². The molecule has 0 aliphatic heterocycles. The molecule has 1 atom stereocenters. The number of thiocarbonyl (C=S) groups is 1. The molecule has 2 N–H and O–H groups in total. The second-order valence-electron chi connectivity index (χ2n) is 4.18. The molecule has 0 aromatic heterocycles. The van der Waals surface area contributed by atoms with Gasteiger partial charge in [-0.25, -0.2) is 0 Å². The number of hydrogen-bond donors (Lipinski definition) is 2. The van der Waals surface area contributed by atoms with Gasteiger partial charge in [-0.2, -0.15) is 13.2 Å². The first-order valence-corrected chi connectivity index (χ1v) is 6.86. The second kappa shape index (κ2) is 7.24. The van der Waals surface area contributed by atoms with Gasteiger partial charge in [-0.1, -0.05) is 15.9 Å². The molecule has 0 radical (unpaired) electrons. The average Bonchev–Trinajstić information content (AvgIpc) is 2.26. The molecule has 20 heavy (non-hydrogen) atoms. The largest absolute Gasteiger partial charge is 0.416 e. The normalized spacial score (nSPS) is 12.9. The van der Waals surface area contributed by atoms with Crippen LogP contribution in [0.2, 0.25) is 0 Å². The Hall–Kier alpha value is -0.860. The van der Waals surface area contributed by atoms with Crippen LogP contribution in [-0.2, 0) is 10.9 Å². The first kappa shape index (κ1) is 17.2. The van der Waals surface area contributed by atoms with Crippen LogP contribution < -0.4 is 10.6 Å². The Morgan fingerprint density at radius 3 is 2.60 bits per heavy atom. The summed E-state index contributed by atoms with van der Waals surface area (Å²) < 4.78 is 43.3. The van der Waals surface area contributed by atoms with Crippen LogP contribution in [0, 0.1) is 0 Å². The Morgan fingerprint density at radius 2 is 2.05 bits per heavy atom. The van der Waals surface area contributed by atoms with E-state index in [1.807, 2.05) is 6.92 Å². The van der Waals surface area contributed by atoms with Gasteiger partial charge in [-0.15, -0.1) is 0 Å². The van der Waals surface area contributed by atoms with Gasteiger partial charge in [0.1, 0.15) is 0 Å². The van der Waals surface area contributed by atoms with Crippen molar-refractivity contribution in [3.63, 3.8) is 0 Å². The van der Waals surface area contributed by atoms with Crippen LogP contribution in [-0.4, -0.2) is 24.9 Å². The molecular formula is C12H14BrF3N2OS. The monoisotopic (exact) mass is 370 g/mol. The van der Waals surface area contributed by atoms with Crippen LogP contribution >= 0.6 is 28.1 Å². The summed E-state index contributed by atoms with van der Waals surface area (Å²) in [6.07, 6.45) is -4.40. The molecule has 0 fully saturated rings. The van der Waals surface area contributed by atoms with Crippen molar-refractivity contribution in [1.29, 1.82) is 0 Å². The predicted molar refractivity (Wildman–Crippen MR) is 79.8 cm³/mol. The van der Waals surface area contributed by atoms with Gasteiger partial charge < -0.3 is 15.4 Å². The summed E-state index contributed by atoms with van der Waals surface area (Å²) in [6, 6.07) is 3.48. The number of anilines is 1. The minimum Gasteiger partial charge on any atom is -0.383 e. The van der Waals surface area contributed by atoms with E-state index >= 15 is 0 Å². The Morgan fingerprint density at radius 1 is 1.40 bits per heavy atom. The number of benzene rings is 1. The molecule has 1 aromatic carbocycles. The lowest BCUT2D eigenvalue weighted by molar-refractivity contribution is -0.137. The molecule has 0 heterocycles. The number of alkyl halides is 3. The summed E-state index contributed by atoms with van der Waals surface area (Å²) in [5.74, 6) is 0. The van der Waals surface area contributed by atoms with Crippen LogP contribution in [0.5, 0.6) is 0 Å². The van der Waals surface area contributed by atoms with Gasteiger partial charge in [-0.3, -0.25) is 0 Å². The van der Waals surface area contributed by atoms with Gasteiger partial charge in [-0.05, 0) is 37.3 Å². The highest BCUT2D eigenvalue weighted by Crippen LogP contribution is 2.33. The average molecular weight is 371 g/mol. The molecule has 0 saturated carbocycles. The van der Waals surface area contributed by atoms with Gasteiger partial charge in [0.15, 0.2) is 5.11 Å². The van der Waals surface area contributed by atoms with E-state index in [1.165, 1.54) is 6.07 Å². The van der Waals surface area contributed by atoms with Crippen LogP contribution in [0.15, 0.2) is 22.7 Å². The van der Waals surface area contributed by atoms with Gasteiger partial charge >= 0.3 is 6.18 Å². The third-order valence-corrected chi connectivity index (χ3v) is 2.95. The molecule has 8 heteroatoms. The molecule has 0 aliphatic rings. The third-order valence-electron chi connectivity index (χ3n) is 2.28. The van der Waals surface area contributed by atoms with Crippen molar-refractivity contribution in [2.75, 3.05) is 19.0 Å². The molecule has 1 unspecified atom stereocenters. The van der Waals surface area contributed by atoms with E-state index in [4.69, 9.17) is 17.0 Å². The van der Waals surface area contributed by atoms with Crippen molar-refractivity contribution in [2.45, 2.75) is 19.1 Å². The molecule has 1 rings (SSSR count). The Labute approximate surface area is 129 Å². The molecule has 3 nitrogen and oxygen atoms in total. The quantitative estimate of drug-likeness (QED) is 0.790. The first-order chi connectivity index (χ1) is 9.22. The maximum atomic E-state index is 12.7. The molecule has 112 valence electrons. The van der Waals surface area contributed by atoms with Gasteiger partial charge in [0, 0.05) is 23.3 Å². The molecule has 0 amide bonds. The topological polar surface area (TPSA) is 33.3 Å². The highest BCUT2D eigenvalue weighted by molar-refractivity contribution is 9.10. The minimum atomic E-state index is -4.40. The van der Waals surface area contributed by atoms with E-state index in [0.717, 1.165) is 12.1 Å². The van der Waals surface area contributed by atoms with Crippen molar-refractivity contribution >= 4 is 38.9 Å². The van der Waals surface area contributed by atoms with Crippen LogP contribution in [0.3, 0.4) is 0 Å². The van der Waals surface area contributed by atoms with E-state index in [2.05, 4.69) is 26.6 Å². The zero-order chi connectivity index (χ0) is 15.3. The fourth-order valence-electron chi connectivity index (χ4n) is 1.51. The van der Waals surface area contributed by atoms with Crippen LogP contribution in [0.4, 0.5) is 18.9 Å². The first-order valence-electron chi connectivity index (χ1n) is 5.66. The molecular weight excluding hydrogens is 357 g/mol. The number of hydrogen-bond acceptors (Lipinski definition) is 2. The molecule has 0 aliphatic carbocycles. The Bertz CT molecular complexity index is 482. The maximum Gasteiger partial charge on any atom is 0.416 e. The van der Waals surface area contributed by atoms with E-state index < -0.39 is 11.7 Å². The fraction of sp³-hybridized carbons (Fsp3) is 0.417. The predicted octanol–water partition coefficient (Wildman–Crippen LogP) is 3.79. The zero-order valence-corrected chi connectivity index (χ0v) is 13.2. The molecule has 0 bridgehead atoms. The molecule has 0 saturated heterocycles. The number of rotatable bonds is 4. The standard InChI is InChI=1S/C12H14BrF3N2OS/c1-7(6-19-2)17-11(20)18-10-4-8(12(14,15)16)3-9(13)5-10/h3-5,7H,6H2,1-2H3,(H2,17,18,20). The van der Waals surface area contributed by atoms with Gasteiger partial charge in [0.2, 0.25) is 0 Å². The van der Waals surface area contributed by atoms with E-state index in [1.54, 1.807) is 7.11 Å². The number of halogens is 4. The molecule has 0 spiro atoms. The summed E-state index contributed by atoms with van der Waals surface area (Å²) in [5, 5.41) is 5.86. The van der Waals surface area contributed by atoms with Gasteiger partial charge in [0.25, 0.3) is 0 Å². The van der Waals surface area contributed by atoms with Crippen LogP contribution in [0.25, 0.3) is 0 Å². The fourth-order valence-corrected chi connectivity index (χ4v) is 2.32. The van der Waals surface area contributed by atoms with Crippen molar-refractivity contribution < 1.29 is 17.9 Å². The lowest BCUT2D eigenvalue weighted by atomic mass is 10.2. The molecule has 1 aromatic rings. The van der Waals surface area contributed by atoms with Crippen molar-refractivity contribution in [1.82, 2.24) is 5.32 Å². The summed E-state index contributed by atoms with van der Waals surface area (Å²) in [7, 11) is 1.55. The smallest absolute Gasteiger partial charge is 0.383 e. The number of methoxy groups -OCH3 is 1. The second-order valence-corrected chi connectivity index (χ2v) is 5.51. The lowest BCUT2D eigenvalue weighted by Gasteiger charge is -2.17. The highest BCUT2D eigenvalue weighted by Gasteiger charge is 2.31. The summed E-state index contributed by atoms with van der Waals surface area (Å²) in [6.45, 7) is 2.29.